The van der Waals surface area contributed by atoms with Gasteiger partial charge in [0, 0.05) is 6.20 Å². The number of nitrogens with zero attached hydrogens (tertiary/aromatic N) is 2. The fraction of sp³-hybridized carbons (Fsp3) is 0.417. The third-order valence-electron chi connectivity index (χ3n) is 2.89. The Balaban J connectivity index is 2.34. The molecule has 0 unspecified atom stereocenters. The van der Waals surface area contributed by atoms with Crippen molar-refractivity contribution in [2.75, 3.05) is 11.1 Å². The van der Waals surface area contributed by atoms with Crippen LogP contribution in [0, 0.1) is 11.3 Å². The molecule has 2 N–H and O–H groups in total. The molecule has 1 heterocycles. The Morgan fingerprint density at radius 1 is 1.72 bits per heavy atom. The standard InChI is InChI=1S/C12H13N3O2S/c1-2-18-9-5-8(12(7-13)3-4-12)6-14-10(9)15-11(16)17/h5-6H,2-4H2,1H3,(H,14,15)(H,16,17). The fourth-order valence-electron chi connectivity index (χ4n) is 1.76. The topological polar surface area (TPSA) is 86.0 Å². The van der Waals surface area contributed by atoms with Gasteiger partial charge in [-0.25, -0.2) is 9.78 Å². The van der Waals surface area contributed by atoms with Gasteiger partial charge in [0.15, 0.2) is 0 Å². The third-order valence-corrected chi connectivity index (χ3v) is 3.81. The van der Waals surface area contributed by atoms with Crippen molar-refractivity contribution >= 4 is 23.7 Å². The van der Waals surface area contributed by atoms with Gasteiger partial charge < -0.3 is 5.11 Å². The minimum Gasteiger partial charge on any atom is -0.465 e. The van der Waals surface area contributed by atoms with E-state index in [1.807, 2.05) is 13.0 Å². The first kappa shape index (κ1) is 12.7. The van der Waals surface area contributed by atoms with Crippen LogP contribution in [0.15, 0.2) is 17.2 Å². The molecular weight excluding hydrogens is 250 g/mol. The molecule has 1 fully saturated rings. The lowest BCUT2D eigenvalue weighted by molar-refractivity contribution is 0.209. The summed E-state index contributed by atoms with van der Waals surface area (Å²) in [4.78, 5) is 15.6. The second-order valence-electron chi connectivity index (χ2n) is 4.13. The van der Waals surface area contributed by atoms with E-state index in [9.17, 15) is 4.79 Å². The van der Waals surface area contributed by atoms with E-state index >= 15 is 0 Å². The van der Waals surface area contributed by atoms with E-state index in [1.165, 1.54) is 11.8 Å². The van der Waals surface area contributed by atoms with Gasteiger partial charge in [-0.2, -0.15) is 5.26 Å². The monoisotopic (exact) mass is 263 g/mol. The molecule has 0 radical (unpaired) electrons. The van der Waals surface area contributed by atoms with Gasteiger partial charge in [0.1, 0.15) is 5.82 Å². The van der Waals surface area contributed by atoms with Gasteiger partial charge in [-0.05, 0) is 30.2 Å². The van der Waals surface area contributed by atoms with Crippen molar-refractivity contribution in [1.82, 2.24) is 4.98 Å². The van der Waals surface area contributed by atoms with Crippen molar-refractivity contribution < 1.29 is 9.90 Å². The number of pyridine rings is 1. The van der Waals surface area contributed by atoms with Crippen molar-refractivity contribution in [3.8, 4) is 6.07 Å². The zero-order valence-electron chi connectivity index (χ0n) is 9.93. The maximum atomic E-state index is 10.7. The summed E-state index contributed by atoms with van der Waals surface area (Å²) < 4.78 is 0. The summed E-state index contributed by atoms with van der Waals surface area (Å²) in [6.45, 7) is 1.99. The maximum absolute atomic E-state index is 10.7. The summed E-state index contributed by atoms with van der Waals surface area (Å²) in [5.74, 6) is 1.16. The molecule has 1 aliphatic rings. The van der Waals surface area contributed by atoms with E-state index in [-0.39, 0.29) is 0 Å². The zero-order valence-corrected chi connectivity index (χ0v) is 10.8. The van der Waals surface area contributed by atoms with Gasteiger partial charge in [0.05, 0.1) is 16.4 Å². The molecular formula is C12H13N3O2S. The number of amides is 1. The Kier molecular flexibility index (Phi) is 3.43. The normalized spacial score (nSPS) is 15.8. The number of anilines is 1. The quantitative estimate of drug-likeness (QED) is 0.816. The lowest BCUT2D eigenvalue weighted by atomic mass is 10.00. The van der Waals surface area contributed by atoms with Gasteiger partial charge in [-0.3, -0.25) is 5.32 Å². The lowest BCUT2D eigenvalue weighted by Gasteiger charge is -2.11. The van der Waals surface area contributed by atoms with Crippen LogP contribution in [-0.2, 0) is 5.41 Å². The van der Waals surface area contributed by atoms with E-state index in [0.29, 0.717) is 5.82 Å². The molecule has 0 bridgehead atoms. The Morgan fingerprint density at radius 2 is 2.44 bits per heavy atom. The molecule has 1 aromatic rings. The largest absolute Gasteiger partial charge is 0.465 e. The number of thioether (sulfide) groups is 1. The van der Waals surface area contributed by atoms with Crippen molar-refractivity contribution in [3.63, 3.8) is 0 Å². The first-order valence-electron chi connectivity index (χ1n) is 5.66. The van der Waals surface area contributed by atoms with Crippen molar-refractivity contribution in [2.45, 2.75) is 30.1 Å². The average Bonchev–Trinajstić information content (AvgIpc) is 3.12. The average molecular weight is 263 g/mol. The minimum absolute atomic E-state index is 0.340. The lowest BCUT2D eigenvalue weighted by Crippen LogP contribution is -2.11. The van der Waals surface area contributed by atoms with Crippen molar-refractivity contribution in [1.29, 1.82) is 5.26 Å². The highest BCUT2D eigenvalue weighted by Gasteiger charge is 2.45. The molecule has 6 heteroatoms. The second kappa shape index (κ2) is 4.86. The predicted octanol–water partition coefficient (Wildman–Crippen LogP) is 2.84. The third kappa shape index (κ3) is 2.41. The van der Waals surface area contributed by atoms with Crippen LogP contribution in [0.2, 0.25) is 0 Å². The number of carboxylic acid groups (broad SMARTS) is 1. The number of hydrogen-bond acceptors (Lipinski definition) is 4. The summed E-state index contributed by atoms with van der Waals surface area (Å²) in [6, 6.07) is 4.19. The summed E-state index contributed by atoms with van der Waals surface area (Å²) in [6.07, 6.45) is 2.18. The first-order chi connectivity index (χ1) is 8.61. The molecule has 1 aliphatic carbocycles. The van der Waals surface area contributed by atoms with E-state index < -0.39 is 11.5 Å². The Hall–Kier alpha value is -1.74. The summed E-state index contributed by atoms with van der Waals surface area (Å²) in [5, 5.41) is 20.2. The fourth-order valence-corrected chi connectivity index (χ4v) is 2.52. The summed E-state index contributed by atoms with van der Waals surface area (Å²) in [5.41, 5.74) is 0.495. The van der Waals surface area contributed by atoms with Crippen LogP contribution in [-0.4, -0.2) is 21.9 Å². The number of hydrogen-bond donors (Lipinski definition) is 2. The van der Waals surface area contributed by atoms with Crippen LogP contribution in [0.25, 0.3) is 0 Å². The smallest absolute Gasteiger partial charge is 0.410 e. The van der Waals surface area contributed by atoms with Gasteiger partial charge >= 0.3 is 6.09 Å². The molecule has 1 aromatic heterocycles. The van der Waals surface area contributed by atoms with E-state index in [0.717, 1.165) is 29.1 Å². The Labute approximate surface area is 109 Å². The highest BCUT2D eigenvalue weighted by molar-refractivity contribution is 7.99. The number of nitrogens with one attached hydrogen (secondary N) is 1. The molecule has 18 heavy (non-hydrogen) atoms. The van der Waals surface area contributed by atoms with Crippen molar-refractivity contribution in [2.24, 2.45) is 0 Å². The number of aromatic nitrogens is 1. The summed E-state index contributed by atoms with van der Waals surface area (Å²) in [7, 11) is 0. The maximum Gasteiger partial charge on any atom is 0.410 e. The van der Waals surface area contributed by atoms with Crippen molar-refractivity contribution in [3.05, 3.63) is 17.8 Å². The second-order valence-corrected chi connectivity index (χ2v) is 5.43. The Bertz CT molecular complexity index is 521. The van der Waals surface area contributed by atoms with E-state index in [1.54, 1.807) is 6.20 Å². The number of nitriles is 1. The van der Waals surface area contributed by atoms with E-state index in [2.05, 4.69) is 16.4 Å². The first-order valence-corrected chi connectivity index (χ1v) is 6.64. The molecule has 0 saturated heterocycles. The van der Waals surface area contributed by atoms with Crippen LogP contribution in [0.4, 0.5) is 10.6 Å². The van der Waals surface area contributed by atoms with Crippen LogP contribution >= 0.6 is 11.8 Å². The molecule has 94 valence electrons. The molecule has 2 rings (SSSR count). The Morgan fingerprint density at radius 3 is 2.94 bits per heavy atom. The van der Waals surface area contributed by atoms with E-state index in [4.69, 9.17) is 10.4 Å². The van der Waals surface area contributed by atoms with Crippen LogP contribution < -0.4 is 5.32 Å². The molecule has 5 nitrogen and oxygen atoms in total. The highest BCUT2D eigenvalue weighted by atomic mass is 32.2. The highest BCUT2D eigenvalue weighted by Crippen LogP contribution is 2.48. The minimum atomic E-state index is -1.13. The van der Waals surface area contributed by atoms with Gasteiger partial charge in [-0.1, -0.05) is 6.92 Å². The van der Waals surface area contributed by atoms with Gasteiger partial charge in [0.25, 0.3) is 0 Å². The molecule has 0 aliphatic heterocycles. The molecule has 0 spiro atoms. The van der Waals surface area contributed by atoms with Crippen LogP contribution in [0.3, 0.4) is 0 Å². The zero-order chi connectivity index (χ0) is 13.2. The molecule has 1 saturated carbocycles. The predicted molar refractivity (Wildman–Crippen MR) is 68.8 cm³/mol. The molecule has 1 amide bonds. The van der Waals surface area contributed by atoms with Crippen LogP contribution in [0.1, 0.15) is 25.3 Å². The molecule has 0 aromatic carbocycles. The number of rotatable bonds is 4. The molecule has 0 atom stereocenters. The van der Waals surface area contributed by atoms with Crippen LogP contribution in [0.5, 0.6) is 0 Å². The van der Waals surface area contributed by atoms with Gasteiger partial charge in [-0.15, -0.1) is 11.8 Å². The van der Waals surface area contributed by atoms with Gasteiger partial charge in [0.2, 0.25) is 0 Å². The SMILES string of the molecule is CCSc1cc(C2(C#N)CC2)cnc1NC(=O)O. The number of carbonyl (C=O) groups is 1. The summed E-state index contributed by atoms with van der Waals surface area (Å²) >= 11 is 1.51.